The van der Waals surface area contributed by atoms with Crippen LogP contribution in [0.3, 0.4) is 0 Å². The molecule has 2 aromatic carbocycles. The quantitative estimate of drug-likeness (QED) is 0.758. The topological polar surface area (TPSA) is 3.24 Å². The van der Waals surface area contributed by atoms with Crippen LogP contribution in [0.25, 0.3) is 0 Å². The Morgan fingerprint density at radius 2 is 1.79 bits per heavy atom. The highest BCUT2D eigenvalue weighted by molar-refractivity contribution is 5.48. The van der Waals surface area contributed by atoms with Crippen molar-refractivity contribution in [2.24, 2.45) is 5.92 Å². The molecule has 1 aliphatic heterocycles. The maximum absolute atomic E-state index is 2.63. The molecule has 126 valence electrons. The zero-order valence-corrected chi connectivity index (χ0v) is 15.3. The van der Waals surface area contributed by atoms with Gasteiger partial charge in [-0.1, -0.05) is 61.9 Å². The third kappa shape index (κ3) is 2.59. The Morgan fingerprint density at radius 3 is 2.50 bits per heavy atom. The van der Waals surface area contributed by atoms with Crippen LogP contribution in [0.2, 0.25) is 0 Å². The van der Waals surface area contributed by atoms with Gasteiger partial charge in [-0.25, -0.2) is 0 Å². The molecule has 0 N–H and O–H groups in total. The lowest BCUT2D eigenvalue weighted by Crippen LogP contribution is -2.38. The summed E-state index contributed by atoms with van der Waals surface area (Å²) < 4.78 is 0. The molecule has 1 heteroatoms. The second-order valence-electron chi connectivity index (χ2n) is 7.66. The SMILES string of the molecule is CCc1ccc([C@@H]2c3cc(C)ccc3[C@H]3CN(CC)CC[C@@H]23)cc1. The normalized spacial score (nSPS) is 26.2. The van der Waals surface area contributed by atoms with Gasteiger partial charge in [-0.15, -0.1) is 0 Å². The first-order valence-electron chi connectivity index (χ1n) is 9.63. The molecule has 2 aliphatic rings. The van der Waals surface area contributed by atoms with Crippen LogP contribution in [0, 0.1) is 12.8 Å². The average molecular weight is 319 g/mol. The van der Waals surface area contributed by atoms with E-state index >= 15 is 0 Å². The minimum atomic E-state index is 0.592. The predicted molar refractivity (Wildman–Crippen MR) is 102 cm³/mol. The smallest absolute Gasteiger partial charge is 0.0127 e. The number of benzene rings is 2. The van der Waals surface area contributed by atoms with E-state index in [0.717, 1.165) is 12.3 Å². The summed E-state index contributed by atoms with van der Waals surface area (Å²) in [5.41, 5.74) is 7.59. The van der Waals surface area contributed by atoms with Crippen molar-refractivity contribution in [1.29, 1.82) is 0 Å². The average Bonchev–Trinajstić information content (AvgIpc) is 2.94. The number of piperidine rings is 1. The summed E-state index contributed by atoms with van der Waals surface area (Å²) in [7, 11) is 0. The van der Waals surface area contributed by atoms with Crippen molar-refractivity contribution in [3.05, 3.63) is 70.3 Å². The highest BCUT2D eigenvalue weighted by Gasteiger charge is 2.43. The summed E-state index contributed by atoms with van der Waals surface area (Å²) in [5, 5.41) is 0. The Hall–Kier alpha value is -1.60. The van der Waals surface area contributed by atoms with Crippen LogP contribution in [0.4, 0.5) is 0 Å². The Kier molecular flexibility index (Phi) is 4.22. The molecule has 1 fully saturated rings. The maximum Gasteiger partial charge on any atom is 0.0127 e. The number of aryl methyl sites for hydroxylation is 2. The van der Waals surface area contributed by atoms with Crippen LogP contribution >= 0.6 is 0 Å². The fraction of sp³-hybridized carbons (Fsp3) is 0.478. The fourth-order valence-corrected chi connectivity index (χ4v) is 4.97. The van der Waals surface area contributed by atoms with E-state index in [1.807, 2.05) is 0 Å². The molecule has 1 nitrogen and oxygen atoms in total. The third-order valence-corrected chi connectivity index (χ3v) is 6.35. The highest BCUT2D eigenvalue weighted by atomic mass is 15.1. The lowest BCUT2D eigenvalue weighted by Gasteiger charge is -2.37. The number of hydrogen-bond acceptors (Lipinski definition) is 1. The summed E-state index contributed by atoms with van der Waals surface area (Å²) in [6.45, 7) is 10.4. The third-order valence-electron chi connectivity index (χ3n) is 6.35. The van der Waals surface area contributed by atoms with Crippen LogP contribution in [0.5, 0.6) is 0 Å². The van der Waals surface area contributed by atoms with Crippen molar-refractivity contribution in [2.45, 2.75) is 45.4 Å². The Morgan fingerprint density at radius 1 is 1.00 bits per heavy atom. The van der Waals surface area contributed by atoms with E-state index < -0.39 is 0 Å². The van der Waals surface area contributed by atoms with Gasteiger partial charge in [-0.05, 0) is 61.0 Å². The number of likely N-dealkylation sites (tertiary alicyclic amines) is 1. The molecule has 1 aliphatic carbocycles. The van der Waals surface area contributed by atoms with E-state index in [4.69, 9.17) is 0 Å². The minimum absolute atomic E-state index is 0.592. The maximum atomic E-state index is 2.63. The zero-order chi connectivity index (χ0) is 16.7. The molecule has 2 aromatic rings. The van der Waals surface area contributed by atoms with Crippen molar-refractivity contribution in [2.75, 3.05) is 19.6 Å². The van der Waals surface area contributed by atoms with Gasteiger partial charge in [0.2, 0.25) is 0 Å². The standard InChI is InChI=1S/C23H29N/c1-4-17-7-9-18(10-8-17)23-20-12-13-24(5-2)15-22(20)19-11-6-16(3)14-21(19)23/h6-11,14,20,22-23H,4-5,12-13,15H2,1-3H3/t20-,22-,23+/m1/s1. The molecule has 3 atom stereocenters. The van der Waals surface area contributed by atoms with Crippen LogP contribution in [0.15, 0.2) is 42.5 Å². The molecule has 4 rings (SSSR count). The molecular weight excluding hydrogens is 290 g/mol. The second-order valence-corrected chi connectivity index (χ2v) is 7.66. The fourth-order valence-electron chi connectivity index (χ4n) is 4.97. The van der Waals surface area contributed by atoms with E-state index in [1.54, 1.807) is 11.1 Å². The number of rotatable bonds is 3. The number of nitrogens with zero attached hydrogens (tertiary/aromatic N) is 1. The molecule has 0 unspecified atom stereocenters. The van der Waals surface area contributed by atoms with Gasteiger partial charge in [0.05, 0.1) is 0 Å². The molecule has 0 spiro atoms. The Balaban J connectivity index is 1.77. The number of fused-ring (bicyclic) bond motifs is 3. The summed E-state index contributed by atoms with van der Waals surface area (Å²) in [6, 6.07) is 16.6. The van der Waals surface area contributed by atoms with E-state index in [1.165, 1.54) is 42.7 Å². The van der Waals surface area contributed by atoms with E-state index in [9.17, 15) is 0 Å². The zero-order valence-electron chi connectivity index (χ0n) is 15.3. The Labute approximate surface area is 146 Å². The molecule has 1 saturated heterocycles. The summed E-state index contributed by atoms with van der Waals surface area (Å²) in [5.74, 6) is 2.08. The molecule has 0 radical (unpaired) electrons. The van der Waals surface area contributed by atoms with Crippen molar-refractivity contribution in [3.63, 3.8) is 0 Å². The van der Waals surface area contributed by atoms with Crippen molar-refractivity contribution in [3.8, 4) is 0 Å². The van der Waals surface area contributed by atoms with Gasteiger partial charge >= 0.3 is 0 Å². The number of likely N-dealkylation sites (N-methyl/N-ethyl adjacent to an activating group) is 1. The molecule has 0 saturated carbocycles. The van der Waals surface area contributed by atoms with Gasteiger partial charge in [-0.2, -0.15) is 0 Å². The monoisotopic (exact) mass is 319 g/mol. The lowest BCUT2D eigenvalue weighted by atomic mass is 9.78. The molecular formula is C23H29N. The minimum Gasteiger partial charge on any atom is -0.303 e. The van der Waals surface area contributed by atoms with E-state index in [-0.39, 0.29) is 0 Å². The van der Waals surface area contributed by atoms with Crippen LogP contribution in [-0.4, -0.2) is 24.5 Å². The Bertz CT molecular complexity index is 715. The van der Waals surface area contributed by atoms with Crippen LogP contribution < -0.4 is 0 Å². The molecule has 0 bridgehead atoms. The molecule has 1 heterocycles. The summed E-state index contributed by atoms with van der Waals surface area (Å²) in [4.78, 5) is 2.63. The van der Waals surface area contributed by atoms with Gasteiger partial charge in [0, 0.05) is 18.4 Å². The van der Waals surface area contributed by atoms with Gasteiger partial charge < -0.3 is 4.90 Å². The van der Waals surface area contributed by atoms with Gasteiger partial charge in [-0.3, -0.25) is 0 Å². The largest absolute Gasteiger partial charge is 0.303 e. The highest BCUT2D eigenvalue weighted by Crippen LogP contribution is 2.53. The first kappa shape index (κ1) is 15.9. The van der Waals surface area contributed by atoms with Crippen LogP contribution in [-0.2, 0) is 6.42 Å². The molecule has 0 aromatic heterocycles. The van der Waals surface area contributed by atoms with Crippen molar-refractivity contribution >= 4 is 0 Å². The van der Waals surface area contributed by atoms with E-state index in [2.05, 4.69) is 68.1 Å². The van der Waals surface area contributed by atoms with E-state index in [0.29, 0.717) is 11.8 Å². The van der Waals surface area contributed by atoms with Gasteiger partial charge in [0.1, 0.15) is 0 Å². The summed E-state index contributed by atoms with van der Waals surface area (Å²) >= 11 is 0. The van der Waals surface area contributed by atoms with Crippen LogP contribution in [0.1, 0.15) is 59.9 Å². The van der Waals surface area contributed by atoms with Crippen molar-refractivity contribution in [1.82, 2.24) is 4.90 Å². The second kappa shape index (κ2) is 6.37. The van der Waals surface area contributed by atoms with Gasteiger partial charge in [0.25, 0.3) is 0 Å². The first-order valence-corrected chi connectivity index (χ1v) is 9.63. The molecule has 24 heavy (non-hydrogen) atoms. The van der Waals surface area contributed by atoms with Gasteiger partial charge in [0.15, 0.2) is 0 Å². The predicted octanol–water partition coefficient (Wildman–Crippen LogP) is 5.13. The first-order chi connectivity index (χ1) is 11.7. The molecule has 0 amide bonds. The lowest BCUT2D eigenvalue weighted by molar-refractivity contribution is 0.167. The number of hydrogen-bond donors (Lipinski definition) is 0. The van der Waals surface area contributed by atoms with Crippen molar-refractivity contribution < 1.29 is 0 Å². The summed E-state index contributed by atoms with van der Waals surface area (Å²) in [6.07, 6.45) is 2.45.